The Hall–Kier alpha value is -2.57. The van der Waals surface area contributed by atoms with E-state index in [2.05, 4.69) is 5.32 Å². The van der Waals surface area contributed by atoms with Gasteiger partial charge in [-0.1, -0.05) is 37.3 Å². The summed E-state index contributed by atoms with van der Waals surface area (Å²) < 4.78 is 5.12. The summed E-state index contributed by atoms with van der Waals surface area (Å²) in [4.78, 5) is 36.9. The summed E-state index contributed by atoms with van der Waals surface area (Å²) in [6.45, 7) is 0.784. The molecule has 0 radical (unpaired) electrons. The number of ether oxygens (including phenoxy) is 1. The first-order chi connectivity index (χ1) is 13.7. The van der Waals surface area contributed by atoms with Gasteiger partial charge in [0.2, 0.25) is 5.91 Å². The van der Waals surface area contributed by atoms with Crippen LogP contribution in [0.4, 0.5) is 4.79 Å². The molecule has 160 valence electrons. The molecule has 29 heavy (non-hydrogen) atoms. The number of hydrogen-bond donors (Lipinski definition) is 7. The Morgan fingerprint density at radius 1 is 1.07 bits per heavy atom. The predicted octanol–water partition coefficient (Wildman–Crippen LogP) is -1.96. The number of urea groups is 1. The second-order valence-electron chi connectivity index (χ2n) is 6.61. The largest absolute Gasteiger partial charge is 0.480 e. The van der Waals surface area contributed by atoms with Gasteiger partial charge in [-0.15, -0.1) is 0 Å². The summed E-state index contributed by atoms with van der Waals surface area (Å²) in [6, 6.07) is 6.48. The number of benzene rings is 1. The van der Waals surface area contributed by atoms with Crippen LogP contribution in [0.3, 0.4) is 0 Å². The molecule has 1 saturated heterocycles. The van der Waals surface area contributed by atoms with Gasteiger partial charge in [0.15, 0.2) is 11.6 Å². The first kappa shape index (κ1) is 22.7. The molecule has 1 heterocycles. The minimum atomic E-state index is -2.03. The standard InChI is InChI=1S/C18H24N2O9/c1-2-18(16(26)27,9-6-4-3-5-7-9)15(25)20-17(28)19-14-13(24)12(23)11(22)10(8-21)29-14/h3-7,10-14,21-24H,2,8H2,1H3,(H,26,27)(H2,19,20,25,28)/t10-,11-,12+,13-,14-,18-/m1/s1. The summed E-state index contributed by atoms with van der Waals surface area (Å²) in [5.74, 6) is -2.56. The lowest BCUT2D eigenvalue weighted by Gasteiger charge is -2.40. The molecule has 0 spiro atoms. The van der Waals surface area contributed by atoms with E-state index in [0.717, 1.165) is 0 Å². The van der Waals surface area contributed by atoms with Crippen LogP contribution < -0.4 is 10.6 Å². The van der Waals surface area contributed by atoms with Crippen LogP contribution in [0.5, 0.6) is 0 Å². The highest BCUT2D eigenvalue weighted by atomic mass is 16.6. The maximum absolute atomic E-state index is 12.7. The van der Waals surface area contributed by atoms with E-state index in [1.54, 1.807) is 18.2 Å². The third-order valence-electron chi connectivity index (χ3n) is 4.94. The van der Waals surface area contributed by atoms with Gasteiger partial charge in [-0.2, -0.15) is 0 Å². The zero-order chi connectivity index (χ0) is 21.8. The lowest BCUT2D eigenvalue weighted by atomic mass is 9.77. The third-order valence-corrected chi connectivity index (χ3v) is 4.94. The van der Waals surface area contributed by atoms with Crippen molar-refractivity contribution in [1.82, 2.24) is 10.6 Å². The average Bonchev–Trinajstić information content (AvgIpc) is 2.70. The molecule has 2 rings (SSSR count). The number of carbonyl (C=O) groups is 3. The Morgan fingerprint density at radius 2 is 1.69 bits per heavy atom. The Bertz CT molecular complexity index is 742. The Morgan fingerprint density at radius 3 is 2.21 bits per heavy atom. The number of amides is 3. The van der Waals surface area contributed by atoms with Crippen molar-refractivity contribution < 1.29 is 44.7 Å². The predicted molar refractivity (Wildman–Crippen MR) is 96.5 cm³/mol. The van der Waals surface area contributed by atoms with Crippen molar-refractivity contribution in [3.63, 3.8) is 0 Å². The maximum Gasteiger partial charge on any atom is 0.323 e. The highest BCUT2D eigenvalue weighted by Crippen LogP contribution is 2.29. The number of aliphatic carboxylic acids is 1. The van der Waals surface area contributed by atoms with Crippen LogP contribution in [0.1, 0.15) is 18.9 Å². The highest BCUT2D eigenvalue weighted by Gasteiger charge is 2.48. The van der Waals surface area contributed by atoms with Gasteiger partial charge in [0, 0.05) is 0 Å². The third kappa shape index (κ3) is 4.38. The lowest BCUT2D eigenvalue weighted by Crippen LogP contribution is -2.65. The number of aliphatic hydroxyl groups excluding tert-OH is 4. The van der Waals surface area contributed by atoms with Gasteiger partial charge in [0.05, 0.1) is 6.61 Å². The van der Waals surface area contributed by atoms with Crippen molar-refractivity contribution in [2.45, 2.75) is 49.4 Å². The normalized spacial score (nSPS) is 28.8. The van der Waals surface area contributed by atoms with E-state index in [1.165, 1.54) is 19.1 Å². The van der Waals surface area contributed by atoms with E-state index in [-0.39, 0.29) is 12.0 Å². The van der Waals surface area contributed by atoms with Crippen LogP contribution in [0.2, 0.25) is 0 Å². The summed E-state index contributed by atoms with van der Waals surface area (Å²) >= 11 is 0. The summed E-state index contributed by atoms with van der Waals surface area (Å²) in [5, 5.41) is 52.3. The first-order valence-electron chi connectivity index (χ1n) is 8.90. The molecule has 0 unspecified atom stereocenters. The molecule has 1 aromatic rings. The number of aliphatic hydroxyl groups is 4. The Kier molecular flexibility index (Phi) is 7.27. The number of imide groups is 1. The Labute approximate surface area is 165 Å². The fourth-order valence-electron chi connectivity index (χ4n) is 3.19. The van der Waals surface area contributed by atoms with Gasteiger partial charge in [-0.25, -0.2) is 4.79 Å². The van der Waals surface area contributed by atoms with Gasteiger partial charge in [-0.3, -0.25) is 14.9 Å². The van der Waals surface area contributed by atoms with Gasteiger partial charge in [0.1, 0.15) is 24.4 Å². The number of rotatable bonds is 6. The second-order valence-corrected chi connectivity index (χ2v) is 6.61. The molecular weight excluding hydrogens is 388 g/mol. The van der Waals surface area contributed by atoms with E-state index in [9.17, 15) is 34.8 Å². The second kappa shape index (κ2) is 9.29. The van der Waals surface area contributed by atoms with Crippen molar-refractivity contribution in [3.8, 4) is 0 Å². The topological polar surface area (TPSA) is 186 Å². The summed E-state index contributed by atoms with van der Waals surface area (Å²) in [6.07, 6.45) is -8.05. The van der Waals surface area contributed by atoms with Crippen molar-refractivity contribution in [3.05, 3.63) is 35.9 Å². The van der Waals surface area contributed by atoms with Crippen LogP contribution in [-0.4, -0.2) is 80.7 Å². The van der Waals surface area contributed by atoms with Crippen LogP contribution in [0.25, 0.3) is 0 Å². The molecule has 11 heteroatoms. The average molecular weight is 412 g/mol. The quantitative estimate of drug-likeness (QED) is 0.261. The zero-order valence-corrected chi connectivity index (χ0v) is 15.6. The fraction of sp³-hybridized carbons (Fsp3) is 0.500. The molecule has 3 amide bonds. The van der Waals surface area contributed by atoms with Crippen molar-refractivity contribution in [2.75, 3.05) is 6.61 Å². The van der Waals surface area contributed by atoms with Crippen molar-refractivity contribution in [2.24, 2.45) is 0 Å². The van der Waals surface area contributed by atoms with Crippen molar-refractivity contribution in [1.29, 1.82) is 0 Å². The summed E-state index contributed by atoms with van der Waals surface area (Å²) in [5.41, 5.74) is -1.86. The molecule has 11 nitrogen and oxygen atoms in total. The van der Waals surface area contributed by atoms with Crippen molar-refractivity contribution >= 4 is 17.9 Å². The molecule has 6 atom stereocenters. The fourth-order valence-corrected chi connectivity index (χ4v) is 3.19. The minimum absolute atomic E-state index is 0.147. The van der Waals surface area contributed by atoms with Gasteiger partial charge in [-0.05, 0) is 12.0 Å². The van der Waals surface area contributed by atoms with Crippen LogP contribution in [-0.2, 0) is 19.7 Å². The molecular formula is C18H24N2O9. The lowest BCUT2D eigenvalue weighted by molar-refractivity contribution is -0.233. The minimum Gasteiger partial charge on any atom is -0.480 e. The first-order valence-corrected chi connectivity index (χ1v) is 8.90. The van der Waals surface area contributed by atoms with E-state index in [1.807, 2.05) is 5.32 Å². The monoisotopic (exact) mass is 412 g/mol. The molecule has 0 bridgehead atoms. The van der Waals surface area contributed by atoms with E-state index in [4.69, 9.17) is 9.84 Å². The summed E-state index contributed by atoms with van der Waals surface area (Å²) in [7, 11) is 0. The van der Waals surface area contributed by atoms with E-state index < -0.39 is 60.6 Å². The molecule has 0 aromatic heterocycles. The SMILES string of the molecule is CC[C@](C(=O)O)(C(=O)NC(=O)N[C@@H]1O[C@H](CO)[C@@H](O)[C@H](O)[C@H]1O)c1ccccc1. The maximum atomic E-state index is 12.7. The smallest absolute Gasteiger partial charge is 0.323 e. The van der Waals surface area contributed by atoms with Gasteiger partial charge in [0.25, 0.3) is 0 Å². The molecule has 0 saturated carbocycles. The number of carboxylic acid groups (broad SMARTS) is 1. The molecule has 1 aromatic carbocycles. The number of carbonyl (C=O) groups excluding carboxylic acids is 2. The molecule has 0 aliphatic carbocycles. The molecule has 1 aliphatic heterocycles. The molecule has 1 fully saturated rings. The zero-order valence-electron chi connectivity index (χ0n) is 15.6. The van der Waals surface area contributed by atoms with Crippen LogP contribution in [0, 0.1) is 0 Å². The van der Waals surface area contributed by atoms with E-state index >= 15 is 0 Å². The number of carboxylic acids is 1. The van der Waals surface area contributed by atoms with Gasteiger partial charge < -0.3 is 35.6 Å². The van der Waals surface area contributed by atoms with Gasteiger partial charge >= 0.3 is 12.0 Å². The number of nitrogens with one attached hydrogen (secondary N) is 2. The molecule has 1 aliphatic rings. The highest BCUT2D eigenvalue weighted by molar-refractivity contribution is 6.12. The molecule has 7 N–H and O–H groups in total. The van der Waals surface area contributed by atoms with Crippen LogP contribution in [0.15, 0.2) is 30.3 Å². The number of hydrogen-bond acceptors (Lipinski definition) is 8. The van der Waals surface area contributed by atoms with Crippen LogP contribution >= 0.6 is 0 Å². The van der Waals surface area contributed by atoms with E-state index in [0.29, 0.717) is 0 Å². The Balaban J connectivity index is 2.16.